The molecule has 136 valence electrons. The van der Waals surface area contributed by atoms with E-state index in [4.69, 9.17) is 28.7 Å². The Kier molecular flexibility index (Phi) is 22.1. The molecule has 25 heavy (non-hydrogen) atoms. The molecule has 0 saturated heterocycles. The van der Waals surface area contributed by atoms with Gasteiger partial charge in [-0.1, -0.05) is 60.7 Å². The zero-order chi connectivity index (χ0) is 19.5. The van der Waals surface area contributed by atoms with Crippen molar-refractivity contribution >= 4 is 45.8 Å². The van der Waals surface area contributed by atoms with E-state index in [1.807, 2.05) is 0 Å². The van der Waals surface area contributed by atoms with E-state index in [-0.39, 0.29) is 31.0 Å². The normalized spacial score (nSPS) is 9.04. The summed E-state index contributed by atoms with van der Waals surface area (Å²) in [5.74, 6) is 0. The van der Waals surface area contributed by atoms with Crippen LogP contribution in [0.1, 0.15) is 0 Å². The average molecular weight is 502 g/mol. The van der Waals surface area contributed by atoms with Gasteiger partial charge in [0.05, 0.1) is 0 Å². The van der Waals surface area contributed by atoms with Gasteiger partial charge in [-0.25, -0.2) is 0 Å². The van der Waals surface area contributed by atoms with Gasteiger partial charge >= 0.3 is 57.1 Å². The van der Waals surface area contributed by atoms with Crippen molar-refractivity contribution in [3.63, 3.8) is 0 Å². The topological polar surface area (TPSA) is 39.8 Å². The molecule has 0 saturated carbocycles. The molecule has 2 nitrogen and oxygen atoms in total. The minimum absolute atomic E-state index is 0.167. The van der Waals surface area contributed by atoms with Gasteiger partial charge in [0, 0.05) is 0 Å². The predicted octanol–water partition coefficient (Wildman–Crippen LogP) is 5.16. The standard InChI is InChI=1S/C16H20P2.2CO.2ClH.Ru/c1-17(2)13-14-18(15-9-5-3-6-10-15)16-11-7-4-8-12-16;2*1-2;;;/h3-12H,13-14H2,1-2H3;;;2*1H;/q;;;;;+2/p-2. The Morgan fingerprint density at radius 2 is 1.08 bits per heavy atom. The first-order valence-corrected chi connectivity index (χ1v) is 15.4. The Morgan fingerprint density at radius 1 is 0.760 bits per heavy atom. The van der Waals surface area contributed by atoms with Gasteiger partial charge in [-0.05, 0) is 44.2 Å². The molecule has 0 aliphatic rings. The molecule has 0 radical (unpaired) electrons. The molecular weight excluding hydrogens is 482 g/mol. The van der Waals surface area contributed by atoms with E-state index in [0.29, 0.717) is 0 Å². The first kappa shape index (κ1) is 27.2. The first-order chi connectivity index (χ1) is 12.2. The van der Waals surface area contributed by atoms with Crippen LogP contribution in [0.3, 0.4) is 0 Å². The molecule has 0 unspecified atom stereocenters. The van der Waals surface area contributed by atoms with Crippen LogP contribution in [0.5, 0.6) is 0 Å². The number of hydrogen-bond acceptors (Lipinski definition) is 0. The van der Waals surface area contributed by atoms with Crippen LogP contribution in [0.2, 0.25) is 0 Å². The molecule has 0 fully saturated rings. The average Bonchev–Trinajstić information content (AvgIpc) is 2.67. The minimum atomic E-state index is -0.346. The summed E-state index contributed by atoms with van der Waals surface area (Å²) in [6.45, 7) is 13.7. The fourth-order valence-electron chi connectivity index (χ4n) is 1.92. The second-order valence-electron chi connectivity index (χ2n) is 4.68. The molecule has 0 heterocycles. The van der Waals surface area contributed by atoms with Crippen LogP contribution < -0.4 is 10.6 Å². The van der Waals surface area contributed by atoms with E-state index >= 15 is 0 Å². The molecule has 0 bridgehead atoms. The summed E-state index contributed by atoms with van der Waals surface area (Å²) in [6.07, 6.45) is 2.69. The summed E-state index contributed by atoms with van der Waals surface area (Å²) in [5.41, 5.74) is 0. The number of halogens is 2. The fourth-order valence-corrected chi connectivity index (χ4v) is 6.20. The van der Waals surface area contributed by atoms with Gasteiger partial charge in [0.1, 0.15) is 0 Å². The molecule has 7 heteroatoms. The Labute approximate surface area is 169 Å². The summed E-state index contributed by atoms with van der Waals surface area (Å²) in [4.78, 5) is 0. The van der Waals surface area contributed by atoms with Crippen LogP contribution in [0.4, 0.5) is 0 Å². The third-order valence-electron chi connectivity index (χ3n) is 2.91. The van der Waals surface area contributed by atoms with Crippen molar-refractivity contribution in [2.45, 2.75) is 0 Å². The predicted molar refractivity (Wildman–Crippen MR) is 107 cm³/mol. The van der Waals surface area contributed by atoms with E-state index in [0.717, 1.165) is 0 Å². The molecular formula is C18H20Cl2O2P2Ru. The second-order valence-corrected chi connectivity index (χ2v) is 12.3. The Hall–Kier alpha value is -0.0166. The Bertz CT molecular complexity index is 521. The van der Waals surface area contributed by atoms with E-state index in [2.05, 4.69) is 87.3 Å². The van der Waals surface area contributed by atoms with E-state index in [9.17, 15) is 0 Å². The molecule has 0 aliphatic heterocycles. The quantitative estimate of drug-likeness (QED) is 0.235. The molecule has 0 amide bonds. The van der Waals surface area contributed by atoms with Gasteiger partial charge < -0.3 is 0 Å². The second kappa shape index (κ2) is 20.3. The van der Waals surface area contributed by atoms with Crippen molar-refractivity contribution in [2.24, 2.45) is 0 Å². The first-order valence-electron chi connectivity index (χ1n) is 6.97. The van der Waals surface area contributed by atoms with Gasteiger partial charge in [-0.2, -0.15) is 0 Å². The summed E-state index contributed by atoms with van der Waals surface area (Å²) in [7, 11) is 9.74. The van der Waals surface area contributed by atoms with Gasteiger partial charge in [0.2, 0.25) is 0 Å². The Morgan fingerprint density at radius 3 is 1.36 bits per heavy atom. The van der Waals surface area contributed by atoms with Crippen molar-refractivity contribution in [2.75, 3.05) is 25.7 Å². The van der Waals surface area contributed by atoms with Crippen LogP contribution in [-0.2, 0) is 24.4 Å². The van der Waals surface area contributed by atoms with Gasteiger partial charge in [0.15, 0.2) is 0 Å². The molecule has 0 N–H and O–H groups in total. The molecule has 2 rings (SSSR count). The molecule has 0 aliphatic carbocycles. The van der Waals surface area contributed by atoms with Crippen molar-refractivity contribution in [1.29, 1.82) is 0 Å². The maximum absolute atomic E-state index is 7.50. The van der Waals surface area contributed by atoms with Gasteiger partial charge in [-0.15, -0.1) is 7.92 Å². The monoisotopic (exact) mass is 502 g/mol. The molecule has 0 aromatic heterocycles. The Balaban J connectivity index is 0. The molecule has 2 aromatic rings. The summed E-state index contributed by atoms with van der Waals surface area (Å²) >= 11 is -0.346. The SMILES string of the molecule is CP(C)CCP(c1ccccc1)c1ccccc1.[C-]#[O+].[C-]#[O+].[Cl][Ru][Cl]. The third-order valence-corrected chi connectivity index (χ3v) is 6.89. The van der Waals surface area contributed by atoms with E-state index in [1.165, 1.54) is 22.9 Å². The van der Waals surface area contributed by atoms with Crippen LogP contribution in [0.25, 0.3) is 0 Å². The zero-order valence-corrected chi connectivity index (χ0v) is 19.0. The maximum atomic E-state index is 7.50. The fraction of sp³-hybridized carbons (Fsp3) is 0.222. The number of benzene rings is 2. The zero-order valence-electron chi connectivity index (χ0n) is 14.0. The van der Waals surface area contributed by atoms with Crippen molar-refractivity contribution in [3.05, 3.63) is 74.0 Å². The van der Waals surface area contributed by atoms with Crippen molar-refractivity contribution in [1.82, 2.24) is 0 Å². The van der Waals surface area contributed by atoms with Gasteiger partial charge in [0.25, 0.3) is 0 Å². The summed E-state index contributed by atoms with van der Waals surface area (Å²) < 4.78 is 15.0. The van der Waals surface area contributed by atoms with Crippen LogP contribution in [-0.4, -0.2) is 25.7 Å². The van der Waals surface area contributed by atoms with E-state index < -0.39 is 0 Å². The van der Waals surface area contributed by atoms with Crippen LogP contribution in [0, 0.1) is 13.3 Å². The molecule has 0 atom stereocenters. The van der Waals surface area contributed by atoms with Crippen molar-refractivity contribution in [3.8, 4) is 0 Å². The number of rotatable bonds is 5. The summed E-state index contributed by atoms with van der Waals surface area (Å²) in [6, 6.07) is 22.0. The van der Waals surface area contributed by atoms with Crippen molar-refractivity contribution < 1.29 is 24.4 Å². The van der Waals surface area contributed by atoms with Crippen LogP contribution in [0.15, 0.2) is 60.7 Å². The third kappa shape index (κ3) is 13.8. The summed E-state index contributed by atoms with van der Waals surface area (Å²) in [5, 5.41) is 3.02. The molecule has 0 spiro atoms. The molecule has 2 aromatic carbocycles. The van der Waals surface area contributed by atoms with E-state index in [1.54, 1.807) is 0 Å². The number of hydrogen-bond donors (Lipinski definition) is 0. The van der Waals surface area contributed by atoms with Gasteiger partial charge in [-0.3, -0.25) is 0 Å². The van der Waals surface area contributed by atoms with Crippen LogP contribution >= 0.6 is 35.2 Å².